The second-order valence-corrected chi connectivity index (χ2v) is 18.8. The summed E-state index contributed by atoms with van der Waals surface area (Å²) in [6, 6.07) is 50.3. The molecule has 8 aromatic rings. The highest BCUT2D eigenvalue weighted by Crippen LogP contribution is 2.47. The van der Waals surface area contributed by atoms with Gasteiger partial charge in [-0.3, -0.25) is 0 Å². The van der Waals surface area contributed by atoms with Crippen LogP contribution in [-0.4, -0.2) is 57.5 Å². The minimum absolute atomic E-state index is 0.0103. The van der Waals surface area contributed by atoms with Gasteiger partial charge in [-0.1, -0.05) is 97.1 Å². The van der Waals surface area contributed by atoms with E-state index in [0.717, 1.165) is 79.1 Å². The van der Waals surface area contributed by atoms with Crippen LogP contribution in [0.1, 0.15) is 36.0 Å². The van der Waals surface area contributed by atoms with Crippen molar-refractivity contribution in [3.05, 3.63) is 193 Å². The van der Waals surface area contributed by atoms with Gasteiger partial charge in [-0.25, -0.2) is 19.2 Å². The molecule has 0 radical (unpaired) electrons. The zero-order valence-corrected chi connectivity index (χ0v) is 42.0. The van der Waals surface area contributed by atoms with E-state index in [9.17, 15) is 29.4 Å². The van der Waals surface area contributed by atoms with Crippen molar-refractivity contribution in [3.63, 3.8) is 0 Å². The predicted octanol–water partition coefficient (Wildman–Crippen LogP) is 13.3. The van der Waals surface area contributed by atoms with E-state index in [4.69, 9.17) is 29.2 Å². The number of carboxylic acids is 4. The van der Waals surface area contributed by atoms with E-state index in [1.54, 1.807) is 0 Å². The Labute approximate surface area is 432 Å². The number of benzene rings is 6. The normalized spacial score (nSPS) is 10.6. The molecular weight excluding hydrogens is 1080 g/mol. The van der Waals surface area contributed by atoms with Gasteiger partial charge in [-0.15, -0.1) is 22.7 Å². The number of carbonyl (C=O) groups is 4. The summed E-state index contributed by atoms with van der Waals surface area (Å²) in [5.41, 5.74) is 6.48. The Kier molecular flexibility index (Phi) is 17.9. The largest absolute Gasteiger partial charge is 0.489 e. The SMILES string of the molecule is O=C(O)COc1c(C(=O)O)sc(-c2cccc(NCc3ccc(OCc4ccccc4)cc3)c2)c1Br.O=C(O)COc1c(C(=O)O)sc(-c2cccc(NCc3ccc(Oc4ccccc4)cc3)c2)c1Br. The summed E-state index contributed by atoms with van der Waals surface area (Å²) in [5.74, 6) is -2.40. The van der Waals surface area contributed by atoms with E-state index in [0.29, 0.717) is 38.4 Å². The second kappa shape index (κ2) is 24.8. The van der Waals surface area contributed by atoms with Crippen LogP contribution in [0.4, 0.5) is 11.4 Å². The molecule has 0 atom stereocenters. The number of aromatic carboxylic acids is 2. The van der Waals surface area contributed by atoms with Gasteiger partial charge in [-0.05, 0) is 120 Å². The van der Waals surface area contributed by atoms with Gasteiger partial charge < -0.3 is 50.0 Å². The van der Waals surface area contributed by atoms with Crippen molar-refractivity contribution in [2.24, 2.45) is 0 Å². The minimum atomic E-state index is -1.19. The summed E-state index contributed by atoms with van der Waals surface area (Å²) >= 11 is 8.81. The molecule has 71 heavy (non-hydrogen) atoms. The Morgan fingerprint density at radius 3 is 1.32 bits per heavy atom. The lowest BCUT2D eigenvalue weighted by molar-refractivity contribution is -0.140. The lowest BCUT2D eigenvalue weighted by Crippen LogP contribution is -2.11. The first-order valence-electron chi connectivity index (χ1n) is 21.4. The van der Waals surface area contributed by atoms with E-state index in [-0.39, 0.29) is 21.3 Å². The molecule has 18 heteroatoms. The number of ether oxygens (including phenoxy) is 4. The quantitative estimate of drug-likeness (QED) is 0.0396. The van der Waals surface area contributed by atoms with E-state index in [1.165, 1.54) is 0 Å². The molecule has 0 aliphatic heterocycles. The van der Waals surface area contributed by atoms with Gasteiger partial charge in [0.15, 0.2) is 34.5 Å². The third-order valence-corrected chi connectivity index (χ3v) is 14.5. The highest BCUT2D eigenvalue weighted by atomic mass is 79.9. The van der Waals surface area contributed by atoms with Gasteiger partial charge in [-0.2, -0.15) is 0 Å². The van der Waals surface area contributed by atoms with Crippen LogP contribution in [0.15, 0.2) is 167 Å². The molecule has 0 fully saturated rings. The highest BCUT2D eigenvalue weighted by molar-refractivity contribution is 9.11. The molecule has 2 aromatic heterocycles. The van der Waals surface area contributed by atoms with E-state index in [1.807, 2.05) is 158 Å². The number of anilines is 2. The molecule has 0 bridgehead atoms. The van der Waals surface area contributed by atoms with Crippen molar-refractivity contribution in [1.82, 2.24) is 0 Å². The van der Waals surface area contributed by atoms with Crippen LogP contribution in [0, 0.1) is 0 Å². The summed E-state index contributed by atoms with van der Waals surface area (Å²) in [7, 11) is 0. The fraction of sp³-hybridized carbons (Fsp3) is 0.0943. The van der Waals surface area contributed by atoms with Gasteiger partial charge in [0.1, 0.15) is 23.9 Å². The lowest BCUT2D eigenvalue weighted by atomic mass is 10.1. The summed E-state index contributed by atoms with van der Waals surface area (Å²) in [4.78, 5) is 46.2. The Morgan fingerprint density at radius 2 is 0.887 bits per heavy atom. The van der Waals surface area contributed by atoms with Crippen LogP contribution >= 0.6 is 54.5 Å². The van der Waals surface area contributed by atoms with Crippen molar-refractivity contribution >= 4 is 89.8 Å². The Hall–Kier alpha value is -7.64. The standard InChI is InChI=1S/C27H22BrNO6S.C26H20BrNO6S/c28-23-24(35-16-22(30)31)26(27(32)33)36-25(23)19-7-4-8-20(13-19)29-14-17-9-11-21(12-10-17)34-15-18-5-2-1-3-6-18;27-22-23(33-15-21(29)30)25(26(31)32)35-24(22)17-5-4-6-18(13-17)28-14-16-9-11-20(12-10-16)34-19-7-2-1-3-8-19/h1-13,29H,14-16H2,(H,30,31)(H,32,33);1-13,28H,14-15H2,(H,29,30)(H,31,32). The number of aliphatic carboxylic acids is 2. The maximum atomic E-state index is 11.7. The third kappa shape index (κ3) is 14.5. The molecule has 6 aromatic carbocycles. The van der Waals surface area contributed by atoms with Gasteiger partial charge in [0.25, 0.3) is 0 Å². The summed E-state index contributed by atoms with van der Waals surface area (Å²) in [6.07, 6.45) is 0. The number of hydrogen-bond donors (Lipinski definition) is 6. The van der Waals surface area contributed by atoms with E-state index < -0.39 is 37.1 Å². The van der Waals surface area contributed by atoms with Gasteiger partial charge in [0.05, 0.1) is 18.7 Å². The van der Waals surface area contributed by atoms with Gasteiger partial charge in [0, 0.05) is 24.5 Å². The summed E-state index contributed by atoms with van der Waals surface area (Å²) in [6.45, 7) is 0.407. The van der Waals surface area contributed by atoms with Crippen LogP contribution in [0.3, 0.4) is 0 Å². The average Bonchev–Trinajstić information content (AvgIpc) is 3.90. The smallest absolute Gasteiger partial charge is 0.349 e. The van der Waals surface area contributed by atoms with Gasteiger partial charge >= 0.3 is 23.9 Å². The van der Waals surface area contributed by atoms with Crippen molar-refractivity contribution in [3.8, 4) is 49.6 Å². The molecule has 6 N–H and O–H groups in total. The Morgan fingerprint density at radius 1 is 0.465 bits per heavy atom. The van der Waals surface area contributed by atoms with Crippen LogP contribution in [-0.2, 0) is 29.3 Å². The number of para-hydroxylation sites is 1. The number of nitrogens with one attached hydrogen (secondary N) is 2. The molecule has 0 aliphatic rings. The zero-order valence-electron chi connectivity index (χ0n) is 37.2. The maximum Gasteiger partial charge on any atom is 0.349 e. The molecule has 0 amide bonds. The molecule has 0 saturated carbocycles. The molecule has 0 spiro atoms. The number of rotatable bonds is 21. The Balaban J connectivity index is 0.000000209. The fourth-order valence-corrected chi connectivity index (χ4v) is 10.4. The molecule has 0 aliphatic carbocycles. The molecular formula is C53H42Br2N2O12S2. The fourth-order valence-electron chi connectivity index (χ4n) is 6.66. The molecule has 2 heterocycles. The molecule has 0 saturated heterocycles. The van der Waals surface area contributed by atoms with Crippen LogP contribution in [0.5, 0.6) is 28.7 Å². The minimum Gasteiger partial charge on any atom is -0.489 e. The van der Waals surface area contributed by atoms with Crippen molar-refractivity contribution in [1.29, 1.82) is 0 Å². The Bertz CT molecular complexity index is 3110. The zero-order chi connectivity index (χ0) is 50.3. The number of carboxylic acid groups (broad SMARTS) is 4. The van der Waals surface area contributed by atoms with Crippen LogP contribution in [0.25, 0.3) is 20.9 Å². The number of halogens is 2. The van der Waals surface area contributed by atoms with Crippen molar-refractivity contribution in [2.45, 2.75) is 19.7 Å². The lowest BCUT2D eigenvalue weighted by Gasteiger charge is -2.10. The predicted molar refractivity (Wildman–Crippen MR) is 280 cm³/mol. The van der Waals surface area contributed by atoms with E-state index >= 15 is 0 Å². The van der Waals surface area contributed by atoms with Crippen molar-refractivity contribution in [2.75, 3.05) is 23.8 Å². The highest BCUT2D eigenvalue weighted by Gasteiger charge is 2.26. The van der Waals surface area contributed by atoms with Crippen molar-refractivity contribution < 1.29 is 58.6 Å². The molecule has 8 rings (SSSR count). The maximum absolute atomic E-state index is 11.7. The second-order valence-electron chi connectivity index (χ2n) is 15.1. The number of thiophene rings is 2. The monoisotopic (exact) mass is 1120 g/mol. The van der Waals surface area contributed by atoms with E-state index in [2.05, 4.69) is 42.5 Å². The van der Waals surface area contributed by atoms with Crippen LogP contribution in [0.2, 0.25) is 0 Å². The molecule has 362 valence electrons. The third-order valence-electron chi connectivity index (χ3n) is 10.0. The summed E-state index contributed by atoms with van der Waals surface area (Å²) < 4.78 is 23.0. The average molecular weight is 1120 g/mol. The van der Waals surface area contributed by atoms with Crippen LogP contribution < -0.4 is 29.6 Å². The first-order chi connectivity index (χ1) is 34.3. The molecule has 14 nitrogen and oxygen atoms in total. The molecule has 0 unspecified atom stereocenters. The first-order valence-corrected chi connectivity index (χ1v) is 24.6. The number of hydrogen-bond acceptors (Lipinski definition) is 12. The first kappa shape index (κ1) is 51.2. The topological polar surface area (TPSA) is 210 Å². The van der Waals surface area contributed by atoms with Gasteiger partial charge in [0.2, 0.25) is 0 Å². The summed E-state index contributed by atoms with van der Waals surface area (Å²) in [5, 5.41) is 43.6.